The topological polar surface area (TPSA) is 85.6 Å². The number of benzene rings is 2. The number of esters is 1. The van der Waals surface area contributed by atoms with Crippen molar-refractivity contribution in [2.75, 3.05) is 12.4 Å². The molecule has 31 heavy (non-hydrogen) atoms. The highest BCUT2D eigenvalue weighted by molar-refractivity contribution is 7.17. The molecule has 0 atom stereocenters. The van der Waals surface area contributed by atoms with E-state index in [4.69, 9.17) is 9.15 Å². The number of nitrogens with one attached hydrogen (secondary N) is 1. The first kappa shape index (κ1) is 20.5. The Bertz CT molecular complexity index is 1370. The normalized spacial score (nSPS) is 10.8. The zero-order valence-corrected chi connectivity index (χ0v) is 17.3. The summed E-state index contributed by atoms with van der Waals surface area (Å²) >= 11 is 1.16. The first-order chi connectivity index (χ1) is 14.9. The number of hydrogen-bond donors (Lipinski definition) is 1. The number of hydrogen-bond acceptors (Lipinski definition) is 6. The Morgan fingerprint density at radius 1 is 1.10 bits per heavy atom. The lowest BCUT2D eigenvalue weighted by Crippen LogP contribution is -2.21. The molecule has 156 valence electrons. The van der Waals surface area contributed by atoms with Gasteiger partial charge in [0.25, 0.3) is 5.91 Å². The van der Waals surface area contributed by atoms with Gasteiger partial charge < -0.3 is 14.5 Å². The third-order valence-corrected chi connectivity index (χ3v) is 5.74. The Morgan fingerprint density at radius 3 is 2.52 bits per heavy atom. The maximum Gasteiger partial charge on any atom is 0.349 e. The molecular formula is C23H16FNO5S. The van der Waals surface area contributed by atoms with Crippen LogP contribution in [0.5, 0.6) is 0 Å². The fourth-order valence-electron chi connectivity index (χ4n) is 3.28. The molecule has 2 aromatic carbocycles. The summed E-state index contributed by atoms with van der Waals surface area (Å²) in [5, 5.41) is 3.45. The maximum absolute atomic E-state index is 13.4. The number of methoxy groups -OCH3 is 1. The summed E-state index contributed by atoms with van der Waals surface area (Å²) in [4.78, 5) is 38.5. The molecule has 2 heterocycles. The Labute approximate surface area is 179 Å². The van der Waals surface area contributed by atoms with E-state index in [-0.39, 0.29) is 16.1 Å². The number of amides is 1. The van der Waals surface area contributed by atoms with E-state index in [1.807, 2.05) is 0 Å². The summed E-state index contributed by atoms with van der Waals surface area (Å²) in [5.41, 5.74) is 0.644. The highest BCUT2D eigenvalue weighted by Gasteiger charge is 2.26. The van der Waals surface area contributed by atoms with Crippen LogP contribution in [0.25, 0.3) is 22.1 Å². The molecule has 0 saturated heterocycles. The van der Waals surface area contributed by atoms with Crippen LogP contribution in [0.1, 0.15) is 25.6 Å². The van der Waals surface area contributed by atoms with Crippen LogP contribution in [0.4, 0.5) is 9.39 Å². The number of carbonyl (C=O) groups excluding carboxylic acids is 2. The molecule has 0 radical (unpaired) electrons. The number of halogens is 1. The second-order valence-electron chi connectivity index (χ2n) is 6.68. The van der Waals surface area contributed by atoms with Gasteiger partial charge in [0, 0.05) is 15.8 Å². The van der Waals surface area contributed by atoms with Gasteiger partial charge in [-0.25, -0.2) is 14.0 Å². The van der Waals surface area contributed by atoms with Crippen molar-refractivity contribution in [1.82, 2.24) is 0 Å². The molecule has 0 spiro atoms. The molecule has 4 rings (SSSR count). The van der Waals surface area contributed by atoms with Gasteiger partial charge in [0.1, 0.15) is 27.5 Å². The van der Waals surface area contributed by atoms with Crippen LogP contribution in [0.2, 0.25) is 0 Å². The smallest absolute Gasteiger partial charge is 0.349 e. The third kappa shape index (κ3) is 3.85. The predicted molar refractivity (Wildman–Crippen MR) is 116 cm³/mol. The summed E-state index contributed by atoms with van der Waals surface area (Å²) in [7, 11) is 1.23. The molecule has 1 N–H and O–H groups in total. The summed E-state index contributed by atoms with van der Waals surface area (Å²) in [5.74, 6) is -1.78. The van der Waals surface area contributed by atoms with Gasteiger partial charge in [0.05, 0.1) is 7.11 Å². The maximum atomic E-state index is 13.4. The zero-order chi connectivity index (χ0) is 22.1. The summed E-state index contributed by atoms with van der Waals surface area (Å²) < 4.78 is 23.5. The van der Waals surface area contributed by atoms with E-state index in [9.17, 15) is 18.8 Å². The van der Waals surface area contributed by atoms with E-state index in [0.717, 1.165) is 11.3 Å². The summed E-state index contributed by atoms with van der Waals surface area (Å²) in [6.07, 6.45) is 0. The Morgan fingerprint density at radius 2 is 1.81 bits per heavy atom. The quantitative estimate of drug-likeness (QED) is 0.358. The highest BCUT2D eigenvalue weighted by atomic mass is 32.1. The first-order valence-electron chi connectivity index (χ1n) is 9.21. The third-order valence-electron chi connectivity index (χ3n) is 4.72. The molecule has 1 amide bonds. The van der Waals surface area contributed by atoms with Gasteiger partial charge in [-0.2, -0.15) is 0 Å². The predicted octanol–water partition coefficient (Wildman–Crippen LogP) is 5.01. The molecule has 0 unspecified atom stereocenters. The van der Waals surface area contributed by atoms with Crippen LogP contribution < -0.4 is 10.9 Å². The van der Waals surface area contributed by atoms with Crippen LogP contribution in [-0.4, -0.2) is 19.0 Å². The number of rotatable bonds is 4. The molecule has 2 aromatic heterocycles. The van der Waals surface area contributed by atoms with Crippen molar-refractivity contribution in [3.05, 3.63) is 86.8 Å². The molecule has 6 nitrogen and oxygen atoms in total. The van der Waals surface area contributed by atoms with E-state index in [0.29, 0.717) is 27.0 Å². The van der Waals surface area contributed by atoms with Gasteiger partial charge in [-0.15, -0.1) is 11.3 Å². The monoisotopic (exact) mass is 437 g/mol. The van der Waals surface area contributed by atoms with E-state index in [2.05, 4.69) is 5.32 Å². The second kappa shape index (κ2) is 8.16. The zero-order valence-electron chi connectivity index (χ0n) is 16.5. The van der Waals surface area contributed by atoms with Crippen LogP contribution in [0.15, 0.2) is 63.8 Å². The van der Waals surface area contributed by atoms with Crippen LogP contribution in [0.3, 0.4) is 0 Å². The summed E-state index contributed by atoms with van der Waals surface area (Å²) in [6.45, 7) is 1.77. The number of para-hydroxylation sites is 1. The minimum Gasteiger partial charge on any atom is -0.465 e. The van der Waals surface area contributed by atoms with Crippen molar-refractivity contribution in [3.63, 3.8) is 0 Å². The lowest BCUT2D eigenvalue weighted by Gasteiger charge is -2.08. The molecule has 0 aliphatic heterocycles. The lowest BCUT2D eigenvalue weighted by molar-refractivity contribution is 0.0603. The fourth-order valence-corrected chi connectivity index (χ4v) is 4.34. The number of anilines is 1. The standard InChI is InChI=1S/C23H16FNO5S/c1-12-18(13-7-9-15(24)10-8-13)19(23(28)29-2)21(31-12)25-20(26)16-11-14-5-3-4-6-17(14)30-22(16)27/h3-11H,1-2H3,(H,25,26). The number of fused-ring (bicyclic) bond motifs is 1. The molecule has 0 fully saturated rings. The molecular weight excluding hydrogens is 421 g/mol. The van der Waals surface area contributed by atoms with E-state index >= 15 is 0 Å². The molecule has 0 aliphatic rings. The van der Waals surface area contributed by atoms with Crippen LogP contribution in [-0.2, 0) is 4.74 Å². The number of ether oxygens (including phenoxy) is 1. The second-order valence-corrected chi connectivity index (χ2v) is 7.90. The van der Waals surface area contributed by atoms with Gasteiger partial charge in [0.15, 0.2) is 0 Å². The Kier molecular flexibility index (Phi) is 5.39. The molecule has 8 heteroatoms. The van der Waals surface area contributed by atoms with Crippen molar-refractivity contribution in [3.8, 4) is 11.1 Å². The van der Waals surface area contributed by atoms with Gasteiger partial charge in [0.2, 0.25) is 0 Å². The van der Waals surface area contributed by atoms with E-state index in [1.165, 1.54) is 25.3 Å². The molecule has 0 saturated carbocycles. The van der Waals surface area contributed by atoms with Crippen LogP contribution >= 0.6 is 11.3 Å². The highest BCUT2D eigenvalue weighted by Crippen LogP contribution is 2.40. The van der Waals surface area contributed by atoms with Gasteiger partial charge in [-0.1, -0.05) is 30.3 Å². The first-order valence-corrected chi connectivity index (χ1v) is 10.0. The Balaban J connectivity index is 1.78. The van der Waals surface area contributed by atoms with Crippen molar-refractivity contribution >= 4 is 39.2 Å². The minimum atomic E-state index is -0.789. The number of thiophene rings is 1. The van der Waals surface area contributed by atoms with Gasteiger partial charge in [-0.3, -0.25) is 4.79 Å². The van der Waals surface area contributed by atoms with E-state index < -0.39 is 23.3 Å². The largest absolute Gasteiger partial charge is 0.465 e. The molecule has 0 bridgehead atoms. The van der Waals surface area contributed by atoms with E-state index in [1.54, 1.807) is 43.3 Å². The molecule has 0 aliphatic carbocycles. The SMILES string of the molecule is COC(=O)c1c(NC(=O)c2cc3ccccc3oc2=O)sc(C)c1-c1ccc(F)cc1. The van der Waals surface area contributed by atoms with Gasteiger partial charge >= 0.3 is 11.6 Å². The average molecular weight is 437 g/mol. The van der Waals surface area contributed by atoms with Crippen molar-refractivity contribution in [2.24, 2.45) is 0 Å². The van der Waals surface area contributed by atoms with Gasteiger partial charge in [-0.05, 0) is 36.8 Å². The van der Waals surface area contributed by atoms with Crippen molar-refractivity contribution in [2.45, 2.75) is 6.92 Å². The molecule has 4 aromatic rings. The fraction of sp³-hybridized carbons (Fsp3) is 0.0870. The lowest BCUT2D eigenvalue weighted by atomic mass is 10.0. The van der Waals surface area contributed by atoms with Crippen molar-refractivity contribution < 1.29 is 23.1 Å². The Hall–Kier alpha value is -3.78. The average Bonchev–Trinajstić information content (AvgIpc) is 3.08. The summed E-state index contributed by atoms with van der Waals surface area (Å²) in [6, 6.07) is 13.9. The number of carbonyl (C=O) groups is 2. The van der Waals surface area contributed by atoms with Crippen LogP contribution in [0, 0.1) is 12.7 Å². The minimum absolute atomic E-state index is 0.134. The number of aryl methyl sites for hydroxylation is 1. The van der Waals surface area contributed by atoms with Crippen molar-refractivity contribution in [1.29, 1.82) is 0 Å².